The Morgan fingerprint density at radius 1 is 0.846 bits per heavy atom. The standard InChI is InChI=1S/C23H41N3/c1-3-5-7-9-11-13-19-17-21-15-16-22-18-20(14-12-10-8-6-4-2)25-23(24-19)26(21)22/h5,7,19-22H,3-4,6,8-18H2,1-2H3,(H,24,25)/p+1/b7-5-/t19-,20-,21+,22-/m1/s1. The predicted octanol–water partition coefficient (Wildman–Crippen LogP) is 5.11. The second-order valence-electron chi connectivity index (χ2n) is 8.81. The number of unbranched alkanes of at least 4 members (excludes halogenated alkanes) is 5. The van der Waals surface area contributed by atoms with Crippen LogP contribution in [0.15, 0.2) is 12.2 Å². The van der Waals surface area contributed by atoms with Crippen LogP contribution in [0.1, 0.15) is 104 Å². The molecule has 2 N–H and O–H groups in total. The average Bonchev–Trinajstić information content (AvgIpc) is 3.05. The molecular formula is C23H42N3+. The van der Waals surface area contributed by atoms with Crippen LogP contribution in [0.3, 0.4) is 0 Å². The van der Waals surface area contributed by atoms with Crippen molar-refractivity contribution in [1.29, 1.82) is 0 Å². The van der Waals surface area contributed by atoms with Crippen LogP contribution in [0.2, 0.25) is 0 Å². The molecule has 3 aliphatic rings. The maximum Gasteiger partial charge on any atom is 0.346 e. The van der Waals surface area contributed by atoms with E-state index in [1.54, 1.807) is 0 Å². The van der Waals surface area contributed by atoms with Crippen LogP contribution in [-0.2, 0) is 0 Å². The summed E-state index contributed by atoms with van der Waals surface area (Å²) in [5.74, 6) is 1.39. The van der Waals surface area contributed by atoms with Crippen molar-refractivity contribution in [3.05, 3.63) is 12.2 Å². The van der Waals surface area contributed by atoms with Crippen LogP contribution >= 0.6 is 0 Å². The predicted molar refractivity (Wildman–Crippen MR) is 112 cm³/mol. The lowest BCUT2D eigenvalue weighted by Crippen LogP contribution is -2.62. The first-order valence-electron chi connectivity index (χ1n) is 11.6. The van der Waals surface area contributed by atoms with Crippen LogP contribution < -0.4 is 10.6 Å². The summed E-state index contributed by atoms with van der Waals surface area (Å²) in [4.78, 5) is 0. The van der Waals surface area contributed by atoms with E-state index in [9.17, 15) is 0 Å². The highest BCUT2D eigenvalue weighted by Crippen LogP contribution is 2.32. The quantitative estimate of drug-likeness (QED) is 0.304. The zero-order valence-corrected chi connectivity index (χ0v) is 17.3. The first-order valence-corrected chi connectivity index (χ1v) is 11.6. The number of rotatable bonds is 11. The Hall–Kier alpha value is -0.990. The number of allylic oxidation sites excluding steroid dienone is 2. The summed E-state index contributed by atoms with van der Waals surface area (Å²) < 4.78 is 2.72. The van der Waals surface area contributed by atoms with Crippen LogP contribution in [-0.4, -0.2) is 34.7 Å². The number of hydrogen-bond acceptors (Lipinski definition) is 2. The van der Waals surface area contributed by atoms with Crippen molar-refractivity contribution in [3.8, 4) is 0 Å². The molecule has 0 amide bonds. The van der Waals surface area contributed by atoms with Crippen LogP contribution in [0.4, 0.5) is 0 Å². The largest absolute Gasteiger partial charge is 0.346 e. The molecule has 0 aliphatic carbocycles. The Kier molecular flexibility index (Phi) is 7.88. The molecule has 1 saturated heterocycles. The maximum absolute atomic E-state index is 3.91. The fourth-order valence-electron chi connectivity index (χ4n) is 5.28. The van der Waals surface area contributed by atoms with Crippen LogP contribution in [0, 0.1) is 0 Å². The molecule has 3 nitrogen and oxygen atoms in total. The molecule has 0 aromatic carbocycles. The molecule has 3 heteroatoms. The van der Waals surface area contributed by atoms with Gasteiger partial charge in [-0.25, -0.2) is 0 Å². The van der Waals surface area contributed by atoms with Gasteiger partial charge in [0, 0.05) is 12.8 Å². The zero-order chi connectivity index (χ0) is 18.2. The first-order chi connectivity index (χ1) is 12.8. The molecule has 3 heterocycles. The monoisotopic (exact) mass is 360 g/mol. The number of hydrogen-bond donors (Lipinski definition) is 2. The Morgan fingerprint density at radius 3 is 2.15 bits per heavy atom. The third-order valence-corrected chi connectivity index (χ3v) is 6.65. The van der Waals surface area contributed by atoms with Gasteiger partial charge in [-0.15, -0.1) is 0 Å². The van der Waals surface area contributed by atoms with E-state index >= 15 is 0 Å². The topological polar surface area (TPSA) is 27.1 Å². The summed E-state index contributed by atoms with van der Waals surface area (Å²) >= 11 is 0. The van der Waals surface area contributed by atoms with Gasteiger partial charge in [0.2, 0.25) is 0 Å². The number of nitrogens with one attached hydrogen (secondary N) is 2. The van der Waals surface area contributed by atoms with E-state index in [0.717, 1.165) is 12.1 Å². The van der Waals surface area contributed by atoms with Gasteiger partial charge < -0.3 is 0 Å². The fourth-order valence-corrected chi connectivity index (χ4v) is 5.28. The van der Waals surface area contributed by atoms with E-state index in [1.165, 1.54) is 95.9 Å². The van der Waals surface area contributed by atoms with Gasteiger partial charge in [-0.3, -0.25) is 15.2 Å². The average molecular weight is 361 g/mol. The summed E-state index contributed by atoms with van der Waals surface area (Å²) in [5, 5.41) is 7.80. The second kappa shape index (κ2) is 10.4. The second-order valence-corrected chi connectivity index (χ2v) is 8.81. The van der Waals surface area contributed by atoms with Gasteiger partial charge in [0.05, 0.1) is 24.2 Å². The number of nitrogens with zero attached hydrogens (tertiary/aromatic N) is 1. The first kappa shape index (κ1) is 19.8. The van der Waals surface area contributed by atoms with Gasteiger partial charge >= 0.3 is 5.96 Å². The van der Waals surface area contributed by atoms with Gasteiger partial charge in [-0.05, 0) is 44.9 Å². The Labute approximate surface area is 161 Å². The summed E-state index contributed by atoms with van der Waals surface area (Å²) in [7, 11) is 0. The lowest BCUT2D eigenvalue weighted by atomic mass is 9.97. The molecule has 3 rings (SSSR count). The molecule has 0 aromatic rings. The summed E-state index contributed by atoms with van der Waals surface area (Å²) in [5.41, 5.74) is 0. The molecule has 3 aliphatic heterocycles. The van der Waals surface area contributed by atoms with E-state index in [0.29, 0.717) is 12.1 Å². The molecule has 0 saturated carbocycles. The van der Waals surface area contributed by atoms with Crippen molar-refractivity contribution in [3.63, 3.8) is 0 Å². The summed E-state index contributed by atoms with van der Waals surface area (Å²) in [6.45, 7) is 4.52. The van der Waals surface area contributed by atoms with Gasteiger partial charge in [0.25, 0.3) is 0 Å². The molecule has 148 valence electrons. The molecule has 4 atom stereocenters. The zero-order valence-electron chi connectivity index (χ0n) is 17.3. The fraction of sp³-hybridized carbons (Fsp3) is 0.870. The van der Waals surface area contributed by atoms with E-state index < -0.39 is 0 Å². The number of guanidine groups is 1. The molecule has 0 radical (unpaired) electrons. The van der Waals surface area contributed by atoms with Crippen molar-refractivity contribution in [2.75, 3.05) is 0 Å². The lowest BCUT2D eigenvalue weighted by Gasteiger charge is -2.36. The van der Waals surface area contributed by atoms with Crippen molar-refractivity contribution in [1.82, 2.24) is 10.6 Å². The van der Waals surface area contributed by atoms with E-state index in [-0.39, 0.29) is 0 Å². The van der Waals surface area contributed by atoms with Crippen molar-refractivity contribution >= 4 is 5.96 Å². The Bertz CT molecular complexity index is 482. The minimum atomic E-state index is 0.677. The van der Waals surface area contributed by atoms with E-state index in [4.69, 9.17) is 0 Å². The van der Waals surface area contributed by atoms with Crippen LogP contribution in [0.5, 0.6) is 0 Å². The molecule has 0 bridgehead atoms. The smallest absolute Gasteiger partial charge is 0.275 e. The van der Waals surface area contributed by atoms with Crippen molar-refractivity contribution in [2.24, 2.45) is 0 Å². The molecule has 1 fully saturated rings. The third kappa shape index (κ3) is 5.27. The SMILES string of the molecule is CC/C=C\CCC[C@@H]1C[C@@H]2CC[C@@H]3C[C@@H](CCCCCCC)NC(=[N+]32)N1. The Morgan fingerprint density at radius 2 is 1.50 bits per heavy atom. The van der Waals surface area contributed by atoms with Gasteiger partial charge in [-0.1, -0.05) is 58.1 Å². The normalized spacial score (nSPS) is 30.4. The van der Waals surface area contributed by atoms with E-state index in [1.807, 2.05) is 0 Å². The third-order valence-electron chi connectivity index (χ3n) is 6.65. The van der Waals surface area contributed by atoms with E-state index in [2.05, 4.69) is 41.2 Å². The summed E-state index contributed by atoms with van der Waals surface area (Å²) in [6.07, 6.45) is 23.6. The Balaban J connectivity index is 1.47. The minimum absolute atomic E-state index is 0.677. The van der Waals surface area contributed by atoms with Crippen molar-refractivity contribution in [2.45, 2.75) is 128 Å². The highest BCUT2D eigenvalue weighted by atomic mass is 15.3. The maximum atomic E-state index is 3.91. The van der Waals surface area contributed by atoms with Crippen molar-refractivity contribution < 1.29 is 4.58 Å². The van der Waals surface area contributed by atoms with Gasteiger partial charge in [0.1, 0.15) is 0 Å². The molecule has 0 aromatic heterocycles. The molecule has 0 spiro atoms. The molecular weight excluding hydrogens is 318 g/mol. The molecule has 26 heavy (non-hydrogen) atoms. The highest BCUT2D eigenvalue weighted by molar-refractivity contribution is 5.76. The lowest BCUT2D eigenvalue weighted by molar-refractivity contribution is -0.593. The highest BCUT2D eigenvalue weighted by Gasteiger charge is 2.45. The van der Waals surface area contributed by atoms with Gasteiger partial charge in [0.15, 0.2) is 0 Å². The minimum Gasteiger partial charge on any atom is -0.275 e. The molecule has 0 unspecified atom stereocenters. The summed E-state index contributed by atoms with van der Waals surface area (Å²) in [6, 6.07) is 2.98. The van der Waals surface area contributed by atoms with Gasteiger partial charge in [-0.2, -0.15) is 0 Å². The van der Waals surface area contributed by atoms with Crippen LogP contribution in [0.25, 0.3) is 0 Å².